The van der Waals surface area contributed by atoms with Gasteiger partial charge in [0.25, 0.3) is 0 Å². The van der Waals surface area contributed by atoms with E-state index >= 15 is 0 Å². The van der Waals surface area contributed by atoms with Gasteiger partial charge in [-0.15, -0.1) is 0 Å². The second kappa shape index (κ2) is 7.67. The highest BCUT2D eigenvalue weighted by Crippen LogP contribution is 2.30. The summed E-state index contributed by atoms with van der Waals surface area (Å²) in [5.41, 5.74) is 0. The van der Waals surface area contributed by atoms with E-state index < -0.39 is 30.1 Å². The molecule has 2 atom stereocenters. The standard InChI is InChI=1S/C18H26F3N3O3/c1-12-6-10-22(11-7-12)15(25)13-4-2-8-23(13)16(26)14-5-3-9-24(14)17(27)18(19,20)21/h12-14H,2-11H2,1H3/t13-,14?/m0/s1. The predicted molar refractivity (Wildman–Crippen MR) is 90.5 cm³/mol. The fraction of sp³-hybridized carbons (Fsp3) is 0.833. The van der Waals surface area contributed by atoms with E-state index in [1.54, 1.807) is 4.90 Å². The first kappa shape index (κ1) is 19.9. The van der Waals surface area contributed by atoms with Crippen molar-refractivity contribution in [3.63, 3.8) is 0 Å². The Balaban J connectivity index is 1.69. The topological polar surface area (TPSA) is 60.9 Å². The number of carbonyl (C=O) groups is 3. The minimum atomic E-state index is -4.99. The van der Waals surface area contributed by atoms with E-state index in [1.807, 2.05) is 0 Å². The zero-order valence-electron chi connectivity index (χ0n) is 15.5. The molecule has 3 heterocycles. The Morgan fingerprint density at radius 1 is 0.778 bits per heavy atom. The fourth-order valence-electron chi connectivity index (χ4n) is 4.35. The van der Waals surface area contributed by atoms with Crippen LogP contribution in [0.3, 0.4) is 0 Å². The first-order valence-corrected chi connectivity index (χ1v) is 9.67. The monoisotopic (exact) mass is 389 g/mol. The van der Waals surface area contributed by atoms with E-state index in [-0.39, 0.29) is 18.9 Å². The number of hydrogen-bond donors (Lipinski definition) is 0. The molecule has 3 fully saturated rings. The van der Waals surface area contributed by atoms with E-state index in [0.717, 1.165) is 12.8 Å². The van der Waals surface area contributed by atoms with Crippen LogP contribution in [0.5, 0.6) is 0 Å². The van der Waals surface area contributed by atoms with Crippen molar-refractivity contribution in [3.05, 3.63) is 0 Å². The number of amides is 3. The Hall–Kier alpha value is -1.80. The average Bonchev–Trinajstić information content (AvgIpc) is 3.29. The third-order valence-corrected chi connectivity index (χ3v) is 5.96. The van der Waals surface area contributed by atoms with E-state index in [4.69, 9.17) is 0 Å². The van der Waals surface area contributed by atoms with Crippen molar-refractivity contribution in [2.45, 2.75) is 63.7 Å². The molecule has 6 nitrogen and oxygen atoms in total. The number of piperidine rings is 1. The van der Waals surface area contributed by atoms with Crippen LogP contribution < -0.4 is 0 Å². The Bertz CT molecular complexity index is 602. The molecule has 0 aromatic carbocycles. The van der Waals surface area contributed by atoms with E-state index in [9.17, 15) is 27.6 Å². The largest absolute Gasteiger partial charge is 0.471 e. The molecule has 3 rings (SSSR count). The Kier molecular flexibility index (Phi) is 5.67. The van der Waals surface area contributed by atoms with Gasteiger partial charge in [-0.05, 0) is 44.4 Å². The summed E-state index contributed by atoms with van der Waals surface area (Å²) in [6.07, 6.45) is -1.42. The first-order chi connectivity index (χ1) is 12.7. The van der Waals surface area contributed by atoms with Crippen molar-refractivity contribution < 1.29 is 27.6 Å². The van der Waals surface area contributed by atoms with Crippen molar-refractivity contribution in [1.29, 1.82) is 0 Å². The van der Waals surface area contributed by atoms with Crippen molar-refractivity contribution >= 4 is 17.7 Å². The Morgan fingerprint density at radius 3 is 1.85 bits per heavy atom. The van der Waals surface area contributed by atoms with Crippen LogP contribution in [0.4, 0.5) is 13.2 Å². The minimum Gasteiger partial charge on any atom is -0.341 e. The summed E-state index contributed by atoms with van der Waals surface area (Å²) >= 11 is 0. The number of alkyl halides is 3. The second-order valence-electron chi connectivity index (χ2n) is 7.85. The number of halogens is 3. The second-order valence-corrected chi connectivity index (χ2v) is 7.85. The normalized spacial score (nSPS) is 27.3. The molecule has 27 heavy (non-hydrogen) atoms. The van der Waals surface area contributed by atoms with Crippen LogP contribution in [0.1, 0.15) is 45.4 Å². The quantitative estimate of drug-likeness (QED) is 0.724. The molecule has 9 heteroatoms. The molecule has 1 unspecified atom stereocenters. The molecule has 3 amide bonds. The van der Waals surface area contributed by atoms with Gasteiger partial charge in [0, 0.05) is 26.2 Å². The molecular weight excluding hydrogens is 363 g/mol. The zero-order chi connectivity index (χ0) is 19.8. The summed E-state index contributed by atoms with van der Waals surface area (Å²) in [4.78, 5) is 41.3. The summed E-state index contributed by atoms with van der Waals surface area (Å²) in [5.74, 6) is -2.04. The summed E-state index contributed by atoms with van der Waals surface area (Å²) in [6.45, 7) is 3.72. The molecule has 0 aromatic heterocycles. The molecule has 0 saturated carbocycles. The van der Waals surface area contributed by atoms with Crippen LogP contribution in [-0.4, -0.2) is 76.9 Å². The molecule has 3 aliphatic rings. The Labute approximate surface area is 156 Å². The molecular formula is C18H26F3N3O3. The van der Waals surface area contributed by atoms with Crippen LogP contribution >= 0.6 is 0 Å². The molecule has 3 saturated heterocycles. The van der Waals surface area contributed by atoms with Crippen molar-refractivity contribution in [2.75, 3.05) is 26.2 Å². The number of rotatable bonds is 2. The summed E-state index contributed by atoms with van der Waals surface area (Å²) < 4.78 is 38.5. The lowest BCUT2D eigenvalue weighted by Gasteiger charge is -2.36. The number of hydrogen-bond acceptors (Lipinski definition) is 3. The third-order valence-electron chi connectivity index (χ3n) is 5.96. The molecule has 0 radical (unpaired) electrons. The summed E-state index contributed by atoms with van der Waals surface area (Å²) in [5, 5.41) is 0. The zero-order valence-corrected chi connectivity index (χ0v) is 15.5. The van der Waals surface area contributed by atoms with Gasteiger partial charge < -0.3 is 14.7 Å². The van der Waals surface area contributed by atoms with Gasteiger partial charge in [-0.25, -0.2) is 0 Å². The van der Waals surface area contributed by atoms with Crippen LogP contribution in [-0.2, 0) is 14.4 Å². The average molecular weight is 389 g/mol. The highest BCUT2D eigenvalue weighted by Gasteiger charge is 2.49. The predicted octanol–water partition coefficient (Wildman–Crippen LogP) is 1.79. The SMILES string of the molecule is CC1CCN(C(=O)[C@@H]2CCCN2C(=O)C2CCCN2C(=O)C(F)(F)F)CC1. The molecule has 0 spiro atoms. The van der Waals surface area contributed by atoms with Gasteiger partial charge in [0.15, 0.2) is 0 Å². The minimum absolute atomic E-state index is 0.0782. The Morgan fingerprint density at radius 2 is 1.30 bits per heavy atom. The molecule has 152 valence electrons. The molecule has 0 aromatic rings. The van der Waals surface area contributed by atoms with Gasteiger partial charge in [0.05, 0.1) is 0 Å². The lowest BCUT2D eigenvalue weighted by atomic mass is 9.98. The van der Waals surface area contributed by atoms with Crippen LogP contribution in [0.2, 0.25) is 0 Å². The van der Waals surface area contributed by atoms with Gasteiger partial charge >= 0.3 is 12.1 Å². The third kappa shape index (κ3) is 4.06. The van der Waals surface area contributed by atoms with Crippen LogP contribution in [0, 0.1) is 5.92 Å². The van der Waals surface area contributed by atoms with E-state index in [1.165, 1.54) is 4.90 Å². The van der Waals surface area contributed by atoms with Crippen molar-refractivity contribution in [2.24, 2.45) is 5.92 Å². The first-order valence-electron chi connectivity index (χ1n) is 9.67. The van der Waals surface area contributed by atoms with Crippen LogP contribution in [0.15, 0.2) is 0 Å². The highest BCUT2D eigenvalue weighted by atomic mass is 19.4. The van der Waals surface area contributed by atoms with Gasteiger partial charge in [-0.1, -0.05) is 6.92 Å². The van der Waals surface area contributed by atoms with Crippen molar-refractivity contribution in [3.8, 4) is 0 Å². The lowest BCUT2D eigenvalue weighted by molar-refractivity contribution is -0.187. The van der Waals surface area contributed by atoms with E-state index in [0.29, 0.717) is 49.7 Å². The fourth-order valence-corrected chi connectivity index (χ4v) is 4.35. The highest BCUT2D eigenvalue weighted by molar-refractivity contribution is 5.94. The maximum atomic E-state index is 12.9. The molecule has 0 bridgehead atoms. The molecule has 3 aliphatic heterocycles. The van der Waals surface area contributed by atoms with Crippen LogP contribution in [0.25, 0.3) is 0 Å². The molecule has 0 aliphatic carbocycles. The van der Waals surface area contributed by atoms with E-state index in [2.05, 4.69) is 6.92 Å². The smallest absolute Gasteiger partial charge is 0.341 e. The van der Waals surface area contributed by atoms with Gasteiger partial charge in [0.2, 0.25) is 11.8 Å². The molecule has 0 N–H and O–H groups in total. The van der Waals surface area contributed by atoms with Gasteiger partial charge in [0.1, 0.15) is 12.1 Å². The van der Waals surface area contributed by atoms with Gasteiger partial charge in [-0.2, -0.15) is 13.2 Å². The maximum Gasteiger partial charge on any atom is 0.471 e. The number of likely N-dealkylation sites (tertiary alicyclic amines) is 3. The summed E-state index contributed by atoms with van der Waals surface area (Å²) in [6, 6.07) is -1.73. The lowest BCUT2D eigenvalue weighted by Crippen LogP contribution is -2.55. The number of nitrogens with zero attached hydrogens (tertiary/aromatic N) is 3. The van der Waals surface area contributed by atoms with Gasteiger partial charge in [-0.3, -0.25) is 14.4 Å². The maximum absolute atomic E-state index is 12.9. The van der Waals surface area contributed by atoms with Crippen molar-refractivity contribution in [1.82, 2.24) is 14.7 Å². The summed E-state index contributed by atoms with van der Waals surface area (Å²) in [7, 11) is 0. The number of carbonyl (C=O) groups excluding carboxylic acids is 3.